The highest BCUT2D eigenvalue weighted by molar-refractivity contribution is 5.31. The van der Waals surface area contributed by atoms with Crippen molar-refractivity contribution in [2.75, 3.05) is 13.2 Å². The molecule has 1 rings (SSSR count). The SMILES string of the molecule is CC(C)c1cccc(C(C)(CN)CO)c1. The molecule has 3 N–H and O–H groups in total. The van der Waals surface area contributed by atoms with Gasteiger partial charge in [0.1, 0.15) is 0 Å². The molecule has 2 nitrogen and oxygen atoms in total. The first-order chi connectivity index (χ1) is 7.03. The van der Waals surface area contributed by atoms with Crippen molar-refractivity contribution in [1.29, 1.82) is 0 Å². The minimum Gasteiger partial charge on any atom is -0.395 e. The number of aliphatic hydroxyl groups is 1. The molecule has 0 saturated heterocycles. The molecule has 84 valence electrons. The molecule has 0 bridgehead atoms. The molecule has 0 aliphatic heterocycles. The second-order valence-electron chi connectivity index (χ2n) is 4.70. The fourth-order valence-electron chi connectivity index (χ4n) is 1.55. The van der Waals surface area contributed by atoms with E-state index < -0.39 is 0 Å². The van der Waals surface area contributed by atoms with Crippen LogP contribution in [0.15, 0.2) is 24.3 Å². The summed E-state index contributed by atoms with van der Waals surface area (Å²) in [6.07, 6.45) is 0. The van der Waals surface area contributed by atoms with Crippen molar-refractivity contribution in [3.63, 3.8) is 0 Å². The van der Waals surface area contributed by atoms with Crippen molar-refractivity contribution in [1.82, 2.24) is 0 Å². The van der Waals surface area contributed by atoms with Gasteiger partial charge in [0.05, 0.1) is 6.61 Å². The average molecular weight is 207 g/mol. The fourth-order valence-corrected chi connectivity index (χ4v) is 1.55. The topological polar surface area (TPSA) is 46.2 Å². The van der Waals surface area contributed by atoms with Crippen LogP contribution in [-0.2, 0) is 5.41 Å². The molecule has 0 radical (unpaired) electrons. The highest BCUT2D eigenvalue weighted by Crippen LogP contribution is 2.25. The van der Waals surface area contributed by atoms with Crippen LogP contribution in [0.3, 0.4) is 0 Å². The smallest absolute Gasteiger partial charge is 0.0537 e. The Morgan fingerprint density at radius 1 is 1.40 bits per heavy atom. The van der Waals surface area contributed by atoms with Crippen LogP contribution in [0.4, 0.5) is 0 Å². The monoisotopic (exact) mass is 207 g/mol. The first-order valence-corrected chi connectivity index (χ1v) is 5.45. The van der Waals surface area contributed by atoms with Crippen molar-refractivity contribution < 1.29 is 5.11 Å². The van der Waals surface area contributed by atoms with Gasteiger partial charge in [0, 0.05) is 12.0 Å². The van der Waals surface area contributed by atoms with Crippen LogP contribution < -0.4 is 5.73 Å². The van der Waals surface area contributed by atoms with Crippen LogP contribution in [0.2, 0.25) is 0 Å². The van der Waals surface area contributed by atoms with E-state index in [-0.39, 0.29) is 12.0 Å². The van der Waals surface area contributed by atoms with E-state index in [0.29, 0.717) is 12.5 Å². The molecule has 0 saturated carbocycles. The van der Waals surface area contributed by atoms with E-state index >= 15 is 0 Å². The maximum atomic E-state index is 9.39. The molecule has 1 aromatic carbocycles. The second-order valence-corrected chi connectivity index (χ2v) is 4.70. The molecule has 0 amide bonds. The summed E-state index contributed by atoms with van der Waals surface area (Å²) in [7, 11) is 0. The number of hydrogen-bond acceptors (Lipinski definition) is 2. The van der Waals surface area contributed by atoms with Crippen LogP contribution >= 0.6 is 0 Å². The molecule has 0 aliphatic carbocycles. The summed E-state index contributed by atoms with van der Waals surface area (Å²) in [6.45, 7) is 6.87. The predicted octanol–water partition coefficient (Wildman–Crippen LogP) is 2.02. The summed E-state index contributed by atoms with van der Waals surface area (Å²) < 4.78 is 0. The van der Waals surface area contributed by atoms with Crippen LogP contribution in [-0.4, -0.2) is 18.3 Å². The Morgan fingerprint density at radius 2 is 2.07 bits per heavy atom. The zero-order chi connectivity index (χ0) is 11.5. The van der Waals surface area contributed by atoms with Gasteiger partial charge in [0.2, 0.25) is 0 Å². The second kappa shape index (κ2) is 4.77. The maximum absolute atomic E-state index is 9.39. The Bertz CT molecular complexity index is 316. The van der Waals surface area contributed by atoms with E-state index in [2.05, 4.69) is 26.0 Å². The predicted molar refractivity (Wildman–Crippen MR) is 64.0 cm³/mol. The van der Waals surface area contributed by atoms with E-state index in [4.69, 9.17) is 5.73 Å². The normalized spacial score (nSPS) is 15.3. The van der Waals surface area contributed by atoms with Gasteiger partial charge in [0.15, 0.2) is 0 Å². The lowest BCUT2D eigenvalue weighted by Gasteiger charge is -2.26. The van der Waals surface area contributed by atoms with Crippen molar-refractivity contribution in [2.45, 2.75) is 32.1 Å². The van der Waals surface area contributed by atoms with E-state index in [1.807, 2.05) is 19.1 Å². The van der Waals surface area contributed by atoms with Gasteiger partial charge in [-0.2, -0.15) is 0 Å². The highest BCUT2D eigenvalue weighted by Gasteiger charge is 2.24. The molecule has 15 heavy (non-hydrogen) atoms. The van der Waals surface area contributed by atoms with Gasteiger partial charge in [-0.05, 0) is 17.0 Å². The van der Waals surface area contributed by atoms with E-state index in [1.165, 1.54) is 5.56 Å². The average Bonchev–Trinajstić information content (AvgIpc) is 2.28. The van der Waals surface area contributed by atoms with Gasteiger partial charge in [-0.15, -0.1) is 0 Å². The number of aliphatic hydroxyl groups excluding tert-OH is 1. The number of hydrogen-bond donors (Lipinski definition) is 2. The van der Waals surface area contributed by atoms with Crippen molar-refractivity contribution in [2.24, 2.45) is 5.73 Å². The van der Waals surface area contributed by atoms with Crippen molar-refractivity contribution in [3.8, 4) is 0 Å². The summed E-state index contributed by atoms with van der Waals surface area (Å²) in [5.41, 5.74) is 7.82. The lowest BCUT2D eigenvalue weighted by Crippen LogP contribution is -2.35. The lowest BCUT2D eigenvalue weighted by atomic mass is 9.82. The third-order valence-corrected chi connectivity index (χ3v) is 3.05. The minimum absolute atomic E-state index is 0.0883. The number of benzene rings is 1. The molecule has 0 aromatic heterocycles. The van der Waals surface area contributed by atoms with Gasteiger partial charge in [-0.3, -0.25) is 0 Å². The molecule has 1 atom stereocenters. The molecule has 2 heteroatoms. The summed E-state index contributed by atoms with van der Waals surface area (Å²) in [6, 6.07) is 8.33. The van der Waals surface area contributed by atoms with Crippen molar-refractivity contribution >= 4 is 0 Å². The van der Waals surface area contributed by atoms with Crippen LogP contribution in [0.1, 0.15) is 37.8 Å². The quantitative estimate of drug-likeness (QED) is 0.793. The van der Waals surface area contributed by atoms with Gasteiger partial charge >= 0.3 is 0 Å². The summed E-state index contributed by atoms with van der Waals surface area (Å²) in [5, 5.41) is 9.39. The summed E-state index contributed by atoms with van der Waals surface area (Å²) in [5.74, 6) is 0.505. The molecular weight excluding hydrogens is 186 g/mol. The zero-order valence-corrected chi connectivity index (χ0v) is 9.83. The van der Waals surface area contributed by atoms with Gasteiger partial charge in [0.25, 0.3) is 0 Å². The van der Waals surface area contributed by atoms with Crippen LogP contribution in [0, 0.1) is 0 Å². The standard InChI is InChI=1S/C13H21NO/c1-10(2)11-5-4-6-12(7-11)13(3,8-14)9-15/h4-7,10,15H,8-9,14H2,1-3H3. The first kappa shape index (κ1) is 12.2. The summed E-state index contributed by atoms with van der Waals surface area (Å²) >= 11 is 0. The Balaban J connectivity index is 3.09. The molecule has 0 fully saturated rings. The Kier molecular flexibility index (Phi) is 3.89. The van der Waals surface area contributed by atoms with Crippen LogP contribution in [0.25, 0.3) is 0 Å². The highest BCUT2D eigenvalue weighted by atomic mass is 16.3. The number of nitrogens with two attached hydrogens (primary N) is 1. The zero-order valence-electron chi connectivity index (χ0n) is 9.83. The third kappa shape index (κ3) is 2.58. The Hall–Kier alpha value is -0.860. The molecule has 1 aromatic rings. The lowest BCUT2D eigenvalue weighted by molar-refractivity contribution is 0.210. The molecule has 0 heterocycles. The van der Waals surface area contributed by atoms with Gasteiger partial charge in [-0.25, -0.2) is 0 Å². The molecule has 0 spiro atoms. The number of rotatable bonds is 4. The largest absolute Gasteiger partial charge is 0.395 e. The Labute approximate surface area is 92.1 Å². The van der Waals surface area contributed by atoms with E-state index in [9.17, 15) is 5.11 Å². The van der Waals surface area contributed by atoms with Gasteiger partial charge < -0.3 is 10.8 Å². The first-order valence-electron chi connectivity index (χ1n) is 5.45. The minimum atomic E-state index is -0.315. The van der Waals surface area contributed by atoms with Gasteiger partial charge in [-0.1, -0.05) is 45.0 Å². The Morgan fingerprint density at radius 3 is 2.53 bits per heavy atom. The van der Waals surface area contributed by atoms with E-state index in [1.54, 1.807) is 0 Å². The maximum Gasteiger partial charge on any atom is 0.0537 e. The van der Waals surface area contributed by atoms with Crippen molar-refractivity contribution in [3.05, 3.63) is 35.4 Å². The fraction of sp³-hybridized carbons (Fsp3) is 0.538. The summed E-state index contributed by atoms with van der Waals surface area (Å²) in [4.78, 5) is 0. The molecular formula is C13H21NO. The van der Waals surface area contributed by atoms with Crippen LogP contribution in [0.5, 0.6) is 0 Å². The molecule has 0 aliphatic rings. The molecule has 1 unspecified atom stereocenters. The van der Waals surface area contributed by atoms with E-state index in [0.717, 1.165) is 5.56 Å². The third-order valence-electron chi connectivity index (χ3n) is 3.05.